The summed E-state index contributed by atoms with van der Waals surface area (Å²) < 4.78 is 16.1. The average Bonchev–Trinajstić information content (AvgIpc) is 3.54. The minimum Gasteiger partial charge on any atom is -0.481 e. The maximum Gasteiger partial charge on any atom is 0.407 e. The average molecular weight is 444 g/mol. The van der Waals surface area contributed by atoms with E-state index in [4.69, 9.17) is 14.2 Å². The maximum absolute atomic E-state index is 12.3. The van der Waals surface area contributed by atoms with E-state index in [2.05, 4.69) is 25.8 Å². The third kappa shape index (κ3) is 5.97. The Bertz CT molecular complexity index is 927. The standard InChI is InChI=1S/C22H29N5O5/c1-30-21-10-14(6-7-23-21)9-20(28)25-19-12-18(26-27-19)15-4-5-16(11-15)32-22(29)24-13-17-3-2-8-31-17/h6-7,10,12,15-17H,2-5,8-9,11,13H2,1H3,(H,24,29)(H2,25,26,27,28)/t15-,16+,17?/m1/s1. The monoisotopic (exact) mass is 443 g/mol. The Morgan fingerprint density at radius 2 is 2.19 bits per heavy atom. The number of H-pyrrole nitrogens is 1. The zero-order valence-electron chi connectivity index (χ0n) is 18.1. The summed E-state index contributed by atoms with van der Waals surface area (Å²) in [5.74, 6) is 0.973. The predicted octanol–water partition coefficient (Wildman–Crippen LogP) is 2.54. The van der Waals surface area contributed by atoms with E-state index < -0.39 is 6.09 Å². The van der Waals surface area contributed by atoms with Crippen LogP contribution in [0, 0.1) is 0 Å². The summed E-state index contributed by atoms with van der Waals surface area (Å²) in [6, 6.07) is 5.34. The number of nitrogens with one attached hydrogen (secondary N) is 3. The number of rotatable bonds is 8. The highest BCUT2D eigenvalue weighted by Crippen LogP contribution is 2.35. The molecule has 2 amide bonds. The number of hydrogen-bond acceptors (Lipinski definition) is 7. The summed E-state index contributed by atoms with van der Waals surface area (Å²) in [4.78, 5) is 28.4. The van der Waals surface area contributed by atoms with Crippen molar-refractivity contribution in [1.29, 1.82) is 0 Å². The molecule has 3 N–H and O–H groups in total. The van der Waals surface area contributed by atoms with Gasteiger partial charge in [0.05, 0.1) is 19.6 Å². The molecule has 1 saturated carbocycles. The number of aromatic amines is 1. The fraction of sp³-hybridized carbons (Fsp3) is 0.545. The lowest BCUT2D eigenvalue weighted by Crippen LogP contribution is -2.34. The molecule has 10 heteroatoms. The van der Waals surface area contributed by atoms with Crippen LogP contribution in [0.25, 0.3) is 0 Å². The Morgan fingerprint density at radius 1 is 1.28 bits per heavy atom. The van der Waals surface area contributed by atoms with Crippen LogP contribution in [-0.2, 0) is 20.7 Å². The van der Waals surface area contributed by atoms with E-state index in [1.54, 1.807) is 18.3 Å². The van der Waals surface area contributed by atoms with Crippen molar-refractivity contribution in [2.45, 2.75) is 56.7 Å². The first kappa shape index (κ1) is 22.1. The van der Waals surface area contributed by atoms with Crippen LogP contribution in [0.4, 0.5) is 10.6 Å². The number of carbonyl (C=O) groups excluding carboxylic acids is 2. The summed E-state index contributed by atoms with van der Waals surface area (Å²) in [5, 5.41) is 12.8. The van der Waals surface area contributed by atoms with E-state index in [1.807, 2.05) is 6.07 Å². The molecule has 0 radical (unpaired) electrons. The van der Waals surface area contributed by atoms with Gasteiger partial charge in [-0.2, -0.15) is 5.10 Å². The predicted molar refractivity (Wildman–Crippen MR) is 116 cm³/mol. The number of methoxy groups -OCH3 is 1. The van der Waals surface area contributed by atoms with Crippen molar-refractivity contribution in [2.24, 2.45) is 0 Å². The summed E-state index contributed by atoms with van der Waals surface area (Å²) in [7, 11) is 1.54. The molecule has 3 atom stereocenters. The van der Waals surface area contributed by atoms with E-state index in [1.165, 1.54) is 7.11 Å². The van der Waals surface area contributed by atoms with Gasteiger partial charge in [0.25, 0.3) is 0 Å². The number of nitrogens with zero attached hydrogens (tertiary/aromatic N) is 2. The van der Waals surface area contributed by atoms with Crippen LogP contribution in [0.2, 0.25) is 0 Å². The first-order chi connectivity index (χ1) is 15.6. The molecule has 1 aliphatic heterocycles. The SMILES string of the molecule is COc1cc(CC(=O)Nc2cc([C@@H]3CC[C@H](OC(=O)NCC4CCCO4)C3)[nH]n2)ccn1. The van der Waals surface area contributed by atoms with Crippen molar-refractivity contribution in [3.05, 3.63) is 35.7 Å². The molecule has 2 aliphatic rings. The first-order valence-corrected chi connectivity index (χ1v) is 11.0. The largest absolute Gasteiger partial charge is 0.481 e. The van der Waals surface area contributed by atoms with Crippen LogP contribution in [0.5, 0.6) is 5.88 Å². The number of alkyl carbamates (subject to hydrolysis) is 1. The molecule has 3 heterocycles. The smallest absolute Gasteiger partial charge is 0.407 e. The van der Waals surface area contributed by atoms with Crippen molar-refractivity contribution in [3.8, 4) is 5.88 Å². The van der Waals surface area contributed by atoms with E-state index in [0.717, 1.165) is 50.0 Å². The minimum atomic E-state index is -0.392. The van der Waals surface area contributed by atoms with Crippen molar-refractivity contribution < 1.29 is 23.8 Å². The zero-order valence-corrected chi connectivity index (χ0v) is 18.1. The number of anilines is 1. The van der Waals surface area contributed by atoms with Gasteiger partial charge in [-0.15, -0.1) is 0 Å². The van der Waals surface area contributed by atoms with E-state index in [0.29, 0.717) is 18.2 Å². The van der Waals surface area contributed by atoms with Crippen LogP contribution in [0.3, 0.4) is 0 Å². The molecule has 32 heavy (non-hydrogen) atoms. The van der Waals surface area contributed by atoms with Crippen LogP contribution >= 0.6 is 0 Å². The second-order valence-corrected chi connectivity index (χ2v) is 8.19. The molecule has 0 spiro atoms. The van der Waals surface area contributed by atoms with Gasteiger partial charge < -0.3 is 24.8 Å². The van der Waals surface area contributed by atoms with E-state index in [-0.39, 0.29) is 30.5 Å². The minimum absolute atomic E-state index is 0.0955. The van der Waals surface area contributed by atoms with Gasteiger partial charge in [0.15, 0.2) is 5.82 Å². The molecule has 1 unspecified atom stereocenters. The topological polar surface area (TPSA) is 127 Å². The number of carbonyl (C=O) groups is 2. The summed E-state index contributed by atoms with van der Waals surface area (Å²) in [6.45, 7) is 1.25. The molecule has 0 bridgehead atoms. The van der Waals surface area contributed by atoms with E-state index >= 15 is 0 Å². The Morgan fingerprint density at radius 3 is 3.00 bits per heavy atom. The second kappa shape index (κ2) is 10.4. The molecular weight excluding hydrogens is 414 g/mol. The lowest BCUT2D eigenvalue weighted by molar-refractivity contribution is -0.115. The Labute approximate surface area is 186 Å². The lowest BCUT2D eigenvalue weighted by atomic mass is 10.0. The van der Waals surface area contributed by atoms with Crippen molar-refractivity contribution in [2.75, 3.05) is 25.6 Å². The normalized spacial score (nSPS) is 22.5. The van der Waals surface area contributed by atoms with Gasteiger partial charge in [0.2, 0.25) is 11.8 Å². The molecule has 10 nitrogen and oxygen atoms in total. The van der Waals surface area contributed by atoms with Gasteiger partial charge >= 0.3 is 6.09 Å². The van der Waals surface area contributed by atoms with Gasteiger partial charge in [0, 0.05) is 43.1 Å². The van der Waals surface area contributed by atoms with Crippen molar-refractivity contribution in [3.63, 3.8) is 0 Å². The van der Waals surface area contributed by atoms with Gasteiger partial charge in [-0.25, -0.2) is 9.78 Å². The maximum atomic E-state index is 12.3. The van der Waals surface area contributed by atoms with Gasteiger partial charge in [-0.05, 0) is 43.7 Å². The second-order valence-electron chi connectivity index (χ2n) is 8.19. The van der Waals surface area contributed by atoms with Crippen molar-refractivity contribution in [1.82, 2.24) is 20.5 Å². The number of pyridine rings is 1. The number of aromatic nitrogens is 3. The molecule has 172 valence electrons. The van der Waals surface area contributed by atoms with Crippen LogP contribution in [0.15, 0.2) is 24.4 Å². The molecular formula is C22H29N5O5. The quantitative estimate of drug-likeness (QED) is 0.572. The first-order valence-electron chi connectivity index (χ1n) is 11.0. The number of hydrogen-bond donors (Lipinski definition) is 3. The molecule has 2 aromatic heterocycles. The molecule has 1 aliphatic carbocycles. The Hall–Kier alpha value is -3.14. The third-order valence-corrected chi connectivity index (χ3v) is 5.83. The highest BCUT2D eigenvalue weighted by Gasteiger charge is 2.30. The van der Waals surface area contributed by atoms with E-state index in [9.17, 15) is 9.59 Å². The molecule has 2 fully saturated rings. The number of amides is 2. The van der Waals surface area contributed by atoms with Crippen LogP contribution in [0.1, 0.15) is 49.3 Å². The highest BCUT2D eigenvalue weighted by atomic mass is 16.6. The van der Waals surface area contributed by atoms with Crippen LogP contribution < -0.4 is 15.4 Å². The number of ether oxygens (including phenoxy) is 3. The molecule has 0 aromatic carbocycles. The summed E-state index contributed by atoms with van der Waals surface area (Å²) in [5.41, 5.74) is 1.73. The van der Waals surface area contributed by atoms with Gasteiger partial charge in [-0.1, -0.05) is 0 Å². The lowest BCUT2D eigenvalue weighted by Gasteiger charge is -2.15. The Balaban J connectivity index is 1.22. The summed E-state index contributed by atoms with van der Waals surface area (Å²) >= 11 is 0. The third-order valence-electron chi connectivity index (χ3n) is 5.83. The van der Waals surface area contributed by atoms with Gasteiger partial charge in [-0.3, -0.25) is 9.89 Å². The molecule has 1 saturated heterocycles. The van der Waals surface area contributed by atoms with Crippen LogP contribution in [-0.4, -0.2) is 59.7 Å². The summed E-state index contributed by atoms with van der Waals surface area (Å²) in [6.07, 6.45) is 5.79. The molecule has 2 aromatic rings. The Kier molecular flexibility index (Phi) is 7.21. The fourth-order valence-electron chi connectivity index (χ4n) is 4.18. The zero-order chi connectivity index (χ0) is 22.3. The fourth-order valence-corrected chi connectivity index (χ4v) is 4.18. The highest BCUT2D eigenvalue weighted by molar-refractivity contribution is 5.91. The van der Waals surface area contributed by atoms with Crippen molar-refractivity contribution >= 4 is 17.8 Å². The van der Waals surface area contributed by atoms with Gasteiger partial charge in [0.1, 0.15) is 6.10 Å². The molecule has 4 rings (SSSR count).